The summed E-state index contributed by atoms with van der Waals surface area (Å²) in [5, 5.41) is 9.62. The Morgan fingerprint density at radius 2 is 1.85 bits per heavy atom. The van der Waals surface area contributed by atoms with E-state index in [0.717, 1.165) is 44.9 Å². The lowest BCUT2D eigenvalue weighted by Crippen LogP contribution is -2.34. The molecule has 26 heavy (non-hydrogen) atoms. The van der Waals surface area contributed by atoms with E-state index in [1.165, 1.54) is 13.0 Å². The molecular weight excluding hydrogens is 341 g/mol. The molecule has 1 aliphatic heterocycles. The Morgan fingerprint density at radius 3 is 2.50 bits per heavy atom. The summed E-state index contributed by atoms with van der Waals surface area (Å²) in [4.78, 5) is 0. The Labute approximate surface area is 153 Å². The minimum absolute atomic E-state index is 0.00270. The van der Waals surface area contributed by atoms with Crippen molar-refractivity contribution in [1.29, 1.82) is 0 Å². The summed E-state index contributed by atoms with van der Waals surface area (Å²) in [6.07, 6.45) is 7.34. The molecule has 0 saturated heterocycles. The quantitative estimate of drug-likeness (QED) is 0.655. The van der Waals surface area contributed by atoms with Gasteiger partial charge in [-0.25, -0.2) is 4.39 Å². The van der Waals surface area contributed by atoms with Gasteiger partial charge in [-0.2, -0.15) is 4.39 Å². The van der Waals surface area contributed by atoms with Crippen molar-refractivity contribution in [2.45, 2.75) is 76.9 Å². The van der Waals surface area contributed by atoms with E-state index in [4.69, 9.17) is 4.74 Å². The average molecular weight is 370 g/mol. The van der Waals surface area contributed by atoms with Crippen molar-refractivity contribution in [3.63, 3.8) is 0 Å². The van der Waals surface area contributed by atoms with Gasteiger partial charge in [-0.1, -0.05) is 25.7 Å². The van der Waals surface area contributed by atoms with Gasteiger partial charge in [-0.3, -0.25) is 4.39 Å². The zero-order chi connectivity index (χ0) is 18.7. The smallest absolute Gasteiger partial charge is 0.201 e. The van der Waals surface area contributed by atoms with Gasteiger partial charge in [0.05, 0.1) is 12.8 Å². The number of halogens is 3. The Balaban J connectivity index is 1.62. The summed E-state index contributed by atoms with van der Waals surface area (Å²) >= 11 is 0. The Morgan fingerprint density at radius 1 is 1.12 bits per heavy atom. The van der Waals surface area contributed by atoms with E-state index in [1.54, 1.807) is 0 Å². The van der Waals surface area contributed by atoms with E-state index in [0.29, 0.717) is 30.2 Å². The normalized spacial score (nSPS) is 26.9. The molecule has 5 heteroatoms. The minimum atomic E-state index is -1.04. The third-order valence-corrected chi connectivity index (χ3v) is 6.10. The van der Waals surface area contributed by atoms with Gasteiger partial charge in [0, 0.05) is 5.56 Å². The van der Waals surface area contributed by atoms with Gasteiger partial charge in [0.15, 0.2) is 11.6 Å². The molecule has 0 spiro atoms. The summed E-state index contributed by atoms with van der Waals surface area (Å²) in [5.74, 6) is -0.900. The van der Waals surface area contributed by atoms with Crippen LogP contribution in [-0.4, -0.2) is 17.9 Å². The van der Waals surface area contributed by atoms with Crippen LogP contribution >= 0.6 is 0 Å². The number of aliphatic hydroxyl groups is 1. The highest BCUT2D eigenvalue weighted by molar-refractivity contribution is 5.42. The molecule has 2 unspecified atom stereocenters. The monoisotopic (exact) mass is 370 g/mol. The zero-order valence-corrected chi connectivity index (χ0v) is 15.4. The van der Waals surface area contributed by atoms with Gasteiger partial charge >= 0.3 is 0 Å². The van der Waals surface area contributed by atoms with Crippen LogP contribution in [0.5, 0.6) is 5.75 Å². The molecule has 1 aliphatic carbocycles. The van der Waals surface area contributed by atoms with Crippen LogP contribution in [0.15, 0.2) is 6.07 Å². The number of hydrogen-bond donors (Lipinski definition) is 1. The molecule has 0 amide bonds. The summed E-state index contributed by atoms with van der Waals surface area (Å²) < 4.78 is 46.7. The summed E-state index contributed by atoms with van der Waals surface area (Å²) in [7, 11) is 0. The molecule has 0 bridgehead atoms. The number of ether oxygens (including phenoxy) is 1. The Kier molecular flexibility index (Phi) is 6.49. The molecule has 146 valence electrons. The highest BCUT2D eigenvalue weighted by Gasteiger charge is 2.34. The van der Waals surface area contributed by atoms with Crippen LogP contribution in [0.3, 0.4) is 0 Å². The van der Waals surface area contributed by atoms with Crippen molar-refractivity contribution in [1.82, 2.24) is 0 Å². The molecule has 0 radical (unpaired) electrons. The molecule has 2 aliphatic rings. The van der Waals surface area contributed by atoms with Gasteiger partial charge in [0.25, 0.3) is 0 Å². The predicted molar refractivity (Wildman–Crippen MR) is 95.0 cm³/mol. The lowest BCUT2D eigenvalue weighted by Gasteiger charge is -2.37. The van der Waals surface area contributed by atoms with Gasteiger partial charge in [0.2, 0.25) is 5.82 Å². The zero-order valence-electron chi connectivity index (χ0n) is 15.4. The molecule has 2 nitrogen and oxygen atoms in total. The van der Waals surface area contributed by atoms with Gasteiger partial charge in [-0.15, -0.1) is 0 Å². The van der Waals surface area contributed by atoms with E-state index in [9.17, 15) is 18.3 Å². The molecule has 1 aromatic rings. The van der Waals surface area contributed by atoms with Crippen molar-refractivity contribution in [3.05, 3.63) is 28.8 Å². The van der Waals surface area contributed by atoms with E-state index < -0.39 is 17.7 Å². The average Bonchev–Trinajstić information content (AvgIpc) is 2.65. The second-order valence-electron chi connectivity index (χ2n) is 7.92. The van der Waals surface area contributed by atoms with Crippen LogP contribution < -0.4 is 4.74 Å². The number of alkyl halides is 1. The first kappa shape index (κ1) is 19.5. The number of benzene rings is 1. The predicted octanol–water partition coefficient (Wildman–Crippen LogP) is 5.66. The highest BCUT2D eigenvalue weighted by Crippen LogP contribution is 2.41. The first-order valence-electron chi connectivity index (χ1n) is 9.92. The minimum Gasteiger partial charge on any atom is -0.487 e. The molecule has 3 rings (SSSR count). The lowest BCUT2D eigenvalue weighted by atomic mass is 9.76. The molecule has 1 fully saturated rings. The molecule has 1 aromatic carbocycles. The molecule has 0 aromatic heterocycles. The third kappa shape index (κ3) is 4.19. The van der Waals surface area contributed by atoms with Crippen LogP contribution in [0.4, 0.5) is 13.2 Å². The van der Waals surface area contributed by atoms with Crippen LogP contribution in [0.25, 0.3) is 0 Å². The largest absolute Gasteiger partial charge is 0.487 e. The second-order valence-corrected chi connectivity index (χ2v) is 7.92. The number of fused-ring (bicyclic) bond motifs is 1. The van der Waals surface area contributed by atoms with Crippen molar-refractivity contribution < 1.29 is 23.0 Å². The highest BCUT2D eigenvalue weighted by atomic mass is 19.2. The maximum atomic E-state index is 14.4. The second kappa shape index (κ2) is 8.64. The van der Waals surface area contributed by atoms with Crippen molar-refractivity contribution in [2.75, 3.05) is 6.67 Å². The van der Waals surface area contributed by atoms with E-state index >= 15 is 0 Å². The maximum Gasteiger partial charge on any atom is 0.201 e. The van der Waals surface area contributed by atoms with E-state index in [-0.39, 0.29) is 24.1 Å². The molecule has 1 saturated carbocycles. The molecule has 1 heterocycles. The number of hydrogen-bond acceptors (Lipinski definition) is 2. The fourth-order valence-corrected chi connectivity index (χ4v) is 4.52. The Hall–Kier alpha value is -1.23. The van der Waals surface area contributed by atoms with Crippen LogP contribution in [-0.2, 0) is 6.42 Å². The number of rotatable bonds is 6. The van der Waals surface area contributed by atoms with Gasteiger partial charge in [0.1, 0.15) is 6.10 Å². The topological polar surface area (TPSA) is 29.5 Å². The summed E-state index contributed by atoms with van der Waals surface area (Å²) in [5.41, 5.74) is 0.646. The van der Waals surface area contributed by atoms with E-state index in [1.807, 2.05) is 0 Å². The number of aryl methyl sites for hydroxylation is 1. The van der Waals surface area contributed by atoms with Crippen LogP contribution in [0.1, 0.15) is 75.5 Å². The third-order valence-electron chi connectivity index (χ3n) is 6.10. The fourth-order valence-electron chi connectivity index (χ4n) is 4.52. The van der Waals surface area contributed by atoms with Crippen molar-refractivity contribution >= 4 is 0 Å². The number of aliphatic hydroxyl groups excluding tert-OH is 1. The Bertz CT molecular complexity index is 610. The number of unbranched alkanes of at least 4 members (excludes halogenated alkanes) is 1. The van der Waals surface area contributed by atoms with Gasteiger partial charge < -0.3 is 9.84 Å². The lowest BCUT2D eigenvalue weighted by molar-refractivity contribution is 0.0703. The first-order valence-corrected chi connectivity index (χ1v) is 9.92. The maximum absolute atomic E-state index is 14.4. The van der Waals surface area contributed by atoms with Crippen LogP contribution in [0, 0.1) is 23.5 Å². The fraction of sp³-hybridized carbons (Fsp3) is 0.714. The summed E-state index contributed by atoms with van der Waals surface area (Å²) in [6.45, 7) is 1.20. The van der Waals surface area contributed by atoms with E-state index in [2.05, 4.69) is 0 Å². The standard InChI is InChI=1S/C21H29F3O2/c1-13(25)17-12-16-9-10-18(26-21(16)20(24)19(17)23)15-7-5-14(6-8-15)4-2-3-11-22/h12-15,18,25H,2-11H2,1H3. The van der Waals surface area contributed by atoms with Crippen molar-refractivity contribution in [2.24, 2.45) is 11.8 Å². The van der Waals surface area contributed by atoms with Crippen LogP contribution in [0.2, 0.25) is 0 Å². The van der Waals surface area contributed by atoms with Gasteiger partial charge in [-0.05, 0) is 62.5 Å². The molecule has 2 atom stereocenters. The first-order chi connectivity index (χ1) is 12.5. The SMILES string of the molecule is CC(O)c1cc2c(c(F)c1F)OC(C1CCC(CCCCF)CC1)CC2. The van der Waals surface area contributed by atoms with Crippen molar-refractivity contribution in [3.8, 4) is 5.75 Å². The summed E-state index contributed by atoms with van der Waals surface area (Å²) in [6, 6.07) is 1.54. The molecular formula is C21H29F3O2. The molecule has 1 N–H and O–H groups in total.